The summed E-state index contributed by atoms with van der Waals surface area (Å²) in [7, 11) is 0. The molecule has 0 unspecified atom stereocenters. The van der Waals surface area contributed by atoms with Crippen LogP contribution in [0.15, 0.2) is 52.1 Å². The lowest BCUT2D eigenvalue weighted by molar-refractivity contribution is -0.131. The molecule has 0 saturated carbocycles. The van der Waals surface area contributed by atoms with E-state index in [1.54, 1.807) is 24.3 Å². The fourth-order valence-electron chi connectivity index (χ4n) is 2.37. The Morgan fingerprint density at radius 2 is 2.04 bits per heavy atom. The van der Waals surface area contributed by atoms with E-state index >= 15 is 0 Å². The first-order chi connectivity index (χ1) is 12.7. The van der Waals surface area contributed by atoms with Gasteiger partial charge < -0.3 is 18.6 Å². The van der Waals surface area contributed by atoms with Crippen LogP contribution in [-0.2, 0) is 4.79 Å². The molecule has 0 amide bonds. The van der Waals surface area contributed by atoms with E-state index in [2.05, 4.69) is 10.2 Å². The van der Waals surface area contributed by atoms with Gasteiger partial charge in [-0.2, -0.15) is 0 Å². The number of fused-ring (bicyclic) bond motifs is 1. The van der Waals surface area contributed by atoms with E-state index in [1.807, 2.05) is 25.1 Å². The maximum atomic E-state index is 11.9. The monoisotopic (exact) mass is 370 g/mol. The number of carbonyl (C=O) groups is 1. The van der Waals surface area contributed by atoms with Gasteiger partial charge in [0.25, 0.3) is 5.22 Å². The number of ether oxygens (including phenoxy) is 3. The number of rotatable bonds is 5. The maximum Gasteiger partial charge on any atom is 0.321 e. The zero-order chi connectivity index (χ0) is 17.9. The standard InChI is InChI=1S/C18H14N2O5S/c1-11-3-2-4-13(7-11)24-16(21)9-26-18-20-19-17(25-18)12-5-6-14-15(8-12)23-10-22-14/h2-8H,9-10H2,1H3. The van der Waals surface area contributed by atoms with Crippen molar-refractivity contribution in [3.8, 4) is 28.7 Å². The molecule has 1 aliphatic rings. The first-order valence-corrected chi connectivity index (χ1v) is 8.79. The van der Waals surface area contributed by atoms with Gasteiger partial charge in [0, 0.05) is 5.56 Å². The van der Waals surface area contributed by atoms with Gasteiger partial charge in [-0.05, 0) is 42.8 Å². The Morgan fingerprint density at radius 3 is 2.92 bits per heavy atom. The van der Waals surface area contributed by atoms with Crippen LogP contribution in [0.3, 0.4) is 0 Å². The number of aromatic nitrogens is 2. The van der Waals surface area contributed by atoms with Crippen LogP contribution in [0.2, 0.25) is 0 Å². The Morgan fingerprint density at radius 1 is 1.15 bits per heavy atom. The van der Waals surface area contributed by atoms with Crippen LogP contribution in [-0.4, -0.2) is 28.7 Å². The highest BCUT2D eigenvalue weighted by atomic mass is 32.2. The fourth-order valence-corrected chi connectivity index (χ4v) is 2.91. The molecule has 8 heteroatoms. The first-order valence-electron chi connectivity index (χ1n) is 7.81. The number of nitrogens with zero attached hydrogens (tertiary/aromatic N) is 2. The zero-order valence-electron chi connectivity index (χ0n) is 13.8. The molecule has 4 rings (SSSR count). The molecule has 0 saturated heterocycles. The van der Waals surface area contributed by atoms with Crippen LogP contribution < -0.4 is 14.2 Å². The van der Waals surface area contributed by atoms with Crippen LogP contribution in [0, 0.1) is 6.92 Å². The average Bonchev–Trinajstić information content (AvgIpc) is 3.28. The molecule has 2 aromatic carbocycles. The molecule has 1 aliphatic heterocycles. The number of hydrogen-bond donors (Lipinski definition) is 0. The van der Waals surface area contributed by atoms with Gasteiger partial charge in [-0.15, -0.1) is 10.2 Å². The van der Waals surface area contributed by atoms with Gasteiger partial charge >= 0.3 is 5.97 Å². The van der Waals surface area contributed by atoms with Crippen molar-refractivity contribution in [1.82, 2.24) is 10.2 Å². The van der Waals surface area contributed by atoms with E-state index in [0.29, 0.717) is 28.4 Å². The number of thioether (sulfide) groups is 1. The van der Waals surface area contributed by atoms with E-state index in [0.717, 1.165) is 22.9 Å². The Balaban J connectivity index is 1.37. The van der Waals surface area contributed by atoms with Gasteiger partial charge in [-0.3, -0.25) is 4.79 Å². The van der Waals surface area contributed by atoms with Crippen molar-refractivity contribution in [2.45, 2.75) is 12.1 Å². The maximum absolute atomic E-state index is 11.9. The molecule has 0 bridgehead atoms. The summed E-state index contributed by atoms with van der Waals surface area (Å²) in [6, 6.07) is 12.7. The van der Waals surface area contributed by atoms with Gasteiger partial charge in [-0.1, -0.05) is 23.9 Å². The minimum Gasteiger partial charge on any atom is -0.454 e. The number of carbonyl (C=O) groups excluding carboxylic acids is 1. The second-order valence-electron chi connectivity index (χ2n) is 5.52. The minimum atomic E-state index is -0.386. The quantitative estimate of drug-likeness (QED) is 0.383. The molecule has 0 aliphatic carbocycles. The second-order valence-corrected chi connectivity index (χ2v) is 6.45. The Hall–Kier alpha value is -3.00. The molecule has 26 heavy (non-hydrogen) atoms. The molecule has 132 valence electrons. The van der Waals surface area contributed by atoms with Crippen molar-refractivity contribution < 1.29 is 23.4 Å². The Labute approximate surface area is 153 Å². The van der Waals surface area contributed by atoms with Crippen molar-refractivity contribution in [3.63, 3.8) is 0 Å². The van der Waals surface area contributed by atoms with Gasteiger partial charge in [0.1, 0.15) is 11.5 Å². The van der Waals surface area contributed by atoms with E-state index in [-0.39, 0.29) is 18.5 Å². The minimum absolute atomic E-state index is 0.0662. The summed E-state index contributed by atoms with van der Waals surface area (Å²) < 4.78 is 21.5. The van der Waals surface area contributed by atoms with Crippen LogP contribution in [0.4, 0.5) is 0 Å². The average molecular weight is 370 g/mol. The van der Waals surface area contributed by atoms with Gasteiger partial charge in [0.2, 0.25) is 12.7 Å². The van der Waals surface area contributed by atoms with E-state index < -0.39 is 0 Å². The fraction of sp³-hybridized carbons (Fsp3) is 0.167. The number of esters is 1. The molecule has 0 spiro atoms. The number of aryl methyl sites for hydroxylation is 1. The summed E-state index contributed by atoms with van der Waals surface area (Å²) in [5.74, 6) is 1.86. The van der Waals surface area contributed by atoms with Crippen LogP contribution in [0.25, 0.3) is 11.5 Å². The SMILES string of the molecule is Cc1cccc(OC(=O)CSc2nnc(-c3ccc4c(c3)OCO4)o2)c1. The third-order valence-corrected chi connectivity index (χ3v) is 4.35. The summed E-state index contributed by atoms with van der Waals surface area (Å²) in [4.78, 5) is 11.9. The Kier molecular flexibility index (Phi) is 4.49. The molecule has 2 heterocycles. The summed E-state index contributed by atoms with van der Waals surface area (Å²) in [6.45, 7) is 2.13. The molecular weight excluding hydrogens is 356 g/mol. The highest BCUT2D eigenvalue weighted by molar-refractivity contribution is 7.99. The molecule has 7 nitrogen and oxygen atoms in total. The van der Waals surface area contributed by atoms with Crippen molar-refractivity contribution >= 4 is 17.7 Å². The lowest BCUT2D eigenvalue weighted by Crippen LogP contribution is -2.10. The topological polar surface area (TPSA) is 83.7 Å². The van der Waals surface area contributed by atoms with Crippen molar-refractivity contribution in [2.24, 2.45) is 0 Å². The first kappa shape index (κ1) is 16.5. The molecule has 0 N–H and O–H groups in total. The lowest BCUT2D eigenvalue weighted by atomic mass is 10.2. The van der Waals surface area contributed by atoms with Gasteiger partial charge in [0.15, 0.2) is 11.5 Å². The predicted octanol–water partition coefficient (Wildman–Crippen LogP) is 3.47. The van der Waals surface area contributed by atoms with Crippen LogP contribution >= 0.6 is 11.8 Å². The van der Waals surface area contributed by atoms with Crippen molar-refractivity contribution in [1.29, 1.82) is 0 Å². The summed E-state index contributed by atoms with van der Waals surface area (Å²) in [6.07, 6.45) is 0. The van der Waals surface area contributed by atoms with Crippen molar-refractivity contribution in [2.75, 3.05) is 12.5 Å². The van der Waals surface area contributed by atoms with Crippen LogP contribution in [0.5, 0.6) is 17.2 Å². The normalized spacial score (nSPS) is 12.2. The molecule has 3 aromatic rings. The molecular formula is C18H14N2O5S. The summed E-state index contributed by atoms with van der Waals surface area (Å²) in [5, 5.41) is 8.24. The molecule has 0 radical (unpaired) electrons. The van der Waals surface area contributed by atoms with E-state index in [1.165, 1.54) is 0 Å². The highest BCUT2D eigenvalue weighted by Crippen LogP contribution is 2.36. The smallest absolute Gasteiger partial charge is 0.321 e. The predicted molar refractivity (Wildman–Crippen MR) is 93.4 cm³/mol. The third kappa shape index (κ3) is 3.65. The third-order valence-electron chi connectivity index (χ3n) is 3.56. The number of hydrogen-bond acceptors (Lipinski definition) is 8. The summed E-state index contributed by atoms with van der Waals surface area (Å²) in [5.41, 5.74) is 1.74. The van der Waals surface area contributed by atoms with E-state index in [9.17, 15) is 4.79 Å². The number of benzene rings is 2. The molecule has 0 fully saturated rings. The molecule has 1 aromatic heterocycles. The molecule has 0 atom stereocenters. The highest BCUT2D eigenvalue weighted by Gasteiger charge is 2.17. The second kappa shape index (κ2) is 7.09. The Bertz CT molecular complexity index is 956. The zero-order valence-corrected chi connectivity index (χ0v) is 14.6. The van der Waals surface area contributed by atoms with Gasteiger partial charge in [0.05, 0.1) is 0 Å². The van der Waals surface area contributed by atoms with Crippen LogP contribution in [0.1, 0.15) is 5.56 Å². The van der Waals surface area contributed by atoms with E-state index in [4.69, 9.17) is 18.6 Å². The largest absolute Gasteiger partial charge is 0.454 e. The van der Waals surface area contributed by atoms with Gasteiger partial charge in [-0.25, -0.2) is 0 Å². The van der Waals surface area contributed by atoms with Crippen molar-refractivity contribution in [3.05, 3.63) is 48.0 Å². The summed E-state index contributed by atoms with van der Waals surface area (Å²) >= 11 is 1.12. The lowest BCUT2D eigenvalue weighted by Gasteiger charge is -2.03.